The standard InChI is InChI=1S/C13H17NO/c1-9(2)12-7-5-6-11-8-15-14(4)10(3)13(11)12/h5-7,9H,3,8H2,1-2,4H3. The van der Waals surface area contributed by atoms with Crippen LogP contribution in [0.1, 0.15) is 36.5 Å². The van der Waals surface area contributed by atoms with Crippen LogP contribution >= 0.6 is 0 Å². The highest BCUT2D eigenvalue weighted by atomic mass is 16.7. The Morgan fingerprint density at radius 2 is 2.13 bits per heavy atom. The smallest absolute Gasteiger partial charge is 0.101 e. The first kappa shape index (κ1) is 10.2. The average molecular weight is 203 g/mol. The van der Waals surface area contributed by atoms with E-state index in [0.29, 0.717) is 12.5 Å². The third kappa shape index (κ3) is 1.65. The van der Waals surface area contributed by atoms with Gasteiger partial charge in [-0.3, -0.25) is 9.90 Å². The lowest BCUT2D eigenvalue weighted by atomic mass is 9.91. The van der Waals surface area contributed by atoms with Crippen molar-refractivity contribution < 1.29 is 4.84 Å². The van der Waals surface area contributed by atoms with Crippen LogP contribution in [0, 0.1) is 0 Å². The van der Waals surface area contributed by atoms with Gasteiger partial charge in [0.15, 0.2) is 0 Å². The van der Waals surface area contributed by atoms with Gasteiger partial charge in [0.05, 0.1) is 5.70 Å². The van der Waals surface area contributed by atoms with Crippen molar-refractivity contribution in [1.29, 1.82) is 0 Å². The number of rotatable bonds is 1. The molecule has 2 nitrogen and oxygen atoms in total. The molecule has 0 fully saturated rings. The van der Waals surface area contributed by atoms with Gasteiger partial charge in [-0.15, -0.1) is 0 Å². The zero-order chi connectivity index (χ0) is 11.0. The average Bonchev–Trinajstić information content (AvgIpc) is 2.23. The largest absolute Gasteiger partial charge is 0.269 e. The van der Waals surface area contributed by atoms with Gasteiger partial charge in [0.2, 0.25) is 0 Å². The van der Waals surface area contributed by atoms with Crippen molar-refractivity contribution in [3.8, 4) is 0 Å². The summed E-state index contributed by atoms with van der Waals surface area (Å²) in [5.74, 6) is 0.517. The van der Waals surface area contributed by atoms with Gasteiger partial charge in [0.25, 0.3) is 0 Å². The summed E-state index contributed by atoms with van der Waals surface area (Å²) in [5.41, 5.74) is 4.82. The molecule has 0 aromatic heterocycles. The van der Waals surface area contributed by atoms with Crippen LogP contribution in [0.3, 0.4) is 0 Å². The summed E-state index contributed by atoms with van der Waals surface area (Å²) in [4.78, 5) is 5.49. The summed E-state index contributed by atoms with van der Waals surface area (Å²) in [6.45, 7) is 9.14. The minimum atomic E-state index is 0.517. The Bertz CT molecular complexity index is 396. The van der Waals surface area contributed by atoms with Crippen LogP contribution in [-0.2, 0) is 11.4 Å². The summed E-state index contributed by atoms with van der Waals surface area (Å²) in [7, 11) is 1.91. The molecule has 15 heavy (non-hydrogen) atoms. The van der Waals surface area contributed by atoms with Gasteiger partial charge in [0, 0.05) is 12.6 Å². The Balaban J connectivity index is 2.57. The van der Waals surface area contributed by atoms with Crippen molar-refractivity contribution in [2.24, 2.45) is 0 Å². The molecule has 2 rings (SSSR count). The van der Waals surface area contributed by atoms with E-state index in [4.69, 9.17) is 4.84 Å². The van der Waals surface area contributed by atoms with E-state index in [-0.39, 0.29) is 0 Å². The summed E-state index contributed by atoms with van der Waals surface area (Å²) in [6, 6.07) is 6.38. The van der Waals surface area contributed by atoms with E-state index in [1.165, 1.54) is 16.7 Å². The summed E-state index contributed by atoms with van der Waals surface area (Å²) < 4.78 is 0. The van der Waals surface area contributed by atoms with Gasteiger partial charge in [-0.2, -0.15) is 0 Å². The molecule has 0 atom stereocenters. The quantitative estimate of drug-likeness (QED) is 0.695. The Kier molecular flexibility index (Phi) is 2.53. The molecule has 0 amide bonds. The van der Waals surface area contributed by atoms with E-state index in [1.807, 2.05) is 7.05 Å². The molecule has 1 aliphatic rings. The molecule has 1 aromatic carbocycles. The summed E-state index contributed by atoms with van der Waals surface area (Å²) in [6.07, 6.45) is 0. The molecule has 0 unspecified atom stereocenters. The Morgan fingerprint density at radius 3 is 2.80 bits per heavy atom. The Morgan fingerprint density at radius 1 is 1.40 bits per heavy atom. The number of hydroxylamine groups is 2. The molecule has 2 heteroatoms. The fourth-order valence-electron chi connectivity index (χ4n) is 1.98. The highest BCUT2D eigenvalue weighted by Gasteiger charge is 2.21. The zero-order valence-corrected chi connectivity index (χ0v) is 9.58. The van der Waals surface area contributed by atoms with E-state index >= 15 is 0 Å². The third-order valence-corrected chi connectivity index (χ3v) is 2.89. The first-order chi connectivity index (χ1) is 7.11. The molecular formula is C13H17NO. The lowest BCUT2D eigenvalue weighted by Crippen LogP contribution is -2.24. The number of benzene rings is 1. The second-order valence-electron chi connectivity index (χ2n) is 4.25. The van der Waals surface area contributed by atoms with Gasteiger partial charge >= 0.3 is 0 Å². The molecular weight excluding hydrogens is 186 g/mol. The second kappa shape index (κ2) is 3.70. The number of fused-ring (bicyclic) bond motifs is 1. The number of nitrogens with zero attached hydrogens (tertiary/aromatic N) is 1. The van der Waals surface area contributed by atoms with Gasteiger partial charge in [-0.05, 0) is 17.0 Å². The van der Waals surface area contributed by atoms with Crippen LogP contribution < -0.4 is 0 Å². The maximum Gasteiger partial charge on any atom is 0.101 e. The molecule has 0 radical (unpaired) electrons. The molecule has 0 saturated heterocycles. The van der Waals surface area contributed by atoms with E-state index in [1.54, 1.807) is 5.06 Å². The maximum absolute atomic E-state index is 5.49. The van der Waals surface area contributed by atoms with E-state index in [0.717, 1.165) is 5.70 Å². The minimum Gasteiger partial charge on any atom is -0.269 e. The van der Waals surface area contributed by atoms with Crippen molar-refractivity contribution in [2.75, 3.05) is 7.05 Å². The maximum atomic E-state index is 5.49. The monoisotopic (exact) mass is 203 g/mol. The predicted octanol–water partition coefficient (Wildman–Crippen LogP) is 3.16. The molecule has 0 saturated carbocycles. The minimum absolute atomic E-state index is 0.517. The lowest BCUT2D eigenvalue weighted by molar-refractivity contribution is -0.108. The van der Waals surface area contributed by atoms with E-state index < -0.39 is 0 Å². The zero-order valence-electron chi connectivity index (χ0n) is 9.58. The van der Waals surface area contributed by atoms with Gasteiger partial charge in [0.1, 0.15) is 6.61 Å². The molecule has 0 spiro atoms. The van der Waals surface area contributed by atoms with Gasteiger partial charge in [-0.25, -0.2) is 0 Å². The fourth-order valence-corrected chi connectivity index (χ4v) is 1.98. The summed E-state index contributed by atoms with van der Waals surface area (Å²) in [5, 5.41) is 1.76. The van der Waals surface area contributed by atoms with Crippen molar-refractivity contribution in [1.82, 2.24) is 5.06 Å². The molecule has 0 N–H and O–H groups in total. The highest BCUT2D eigenvalue weighted by molar-refractivity contribution is 5.68. The predicted molar refractivity (Wildman–Crippen MR) is 62.1 cm³/mol. The van der Waals surface area contributed by atoms with Crippen LogP contribution in [0.5, 0.6) is 0 Å². The molecule has 0 bridgehead atoms. The van der Waals surface area contributed by atoms with Crippen LogP contribution in [0.25, 0.3) is 5.70 Å². The molecule has 0 aliphatic carbocycles. The SMILES string of the molecule is C=C1c2c(cccc2C(C)C)CON1C. The third-order valence-electron chi connectivity index (χ3n) is 2.89. The first-order valence-electron chi connectivity index (χ1n) is 5.29. The second-order valence-corrected chi connectivity index (χ2v) is 4.25. The Hall–Kier alpha value is -1.28. The molecule has 1 aliphatic heterocycles. The normalized spacial score (nSPS) is 15.7. The van der Waals surface area contributed by atoms with Gasteiger partial charge < -0.3 is 0 Å². The van der Waals surface area contributed by atoms with Crippen LogP contribution in [0.2, 0.25) is 0 Å². The van der Waals surface area contributed by atoms with Gasteiger partial charge in [-0.1, -0.05) is 38.6 Å². The van der Waals surface area contributed by atoms with Crippen LogP contribution in [0.15, 0.2) is 24.8 Å². The molecule has 1 heterocycles. The van der Waals surface area contributed by atoms with Crippen LogP contribution in [0.4, 0.5) is 0 Å². The number of hydrogen-bond acceptors (Lipinski definition) is 2. The Labute approximate surface area is 91.1 Å². The summed E-state index contributed by atoms with van der Waals surface area (Å²) >= 11 is 0. The molecule has 1 aromatic rings. The van der Waals surface area contributed by atoms with E-state index in [9.17, 15) is 0 Å². The van der Waals surface area contributed by atoms with Crippen molar-refractivity contribution in [2.45, 2.75) is 26.4 Å². The van der Waals surface area contributed by atoms with Crippen molar-refractivity contribution in [3.05, 3.63) is 41.5 Å². The molecule has 80 valence electrons. The topological polar surface area (TPSA) is 12.5 Å². The van der Waals surface area contributed by atoms with E-state index in [2.05, 4.69) is 38.6 Å². The fraction of sp³-hybridized carbons (Fsp3) is 0.385. The number of hydrogen-bond donors (Lipinski definition) is 0. The lowest BCUT2D eigenvalue weighted by Gasteiger charge is -2.30. The first-order valence-corrected chi connectivity index (χ1v) is 5.29. The highest BCUT2D eigenvalue weighted by Crippen LogP contribution is 2.33. The van der Waals surface area contributed by atoms with Crippen molar-refractivity contribution >= 4 is 5.70 Å². The van der Waals surface area contributed by atoms with Crippen LogP contribution in [-0.4, -0.2) is 12.1 Å². The van der Waals surface area contributed by atoms with Crippen molar-refractivity contribution in [3.63, 3.8) is 0 Å².